The molecule has 1 aliphatic rings. The summed E-state index contributed by atoms with van der Waals surface area (Å²) in [5.41, 5.74) is 0. The highest BCUT2D eigenvalue weighted by Crippen LogP contribution is 2.23. The molecule has 0 heterocycles. The van der Waals surface area contributed by atoms with E-state index in [0.29, 0.717) is 6.10 Å². The van der Waals surface area contributed by atoms with Crippen LogP contribution in [0.4, 0.5) is 0 Å². The molecular formula is C15H31NO. The van der Waals surface area contributed by atoms with Crippen molar-refractivity contribution < 1.29 is 4.74 Å². The summed E-state index contributed by atoms with van der Waals surface area (Å²) in [6.45, 7) is 7.57. The van der Waals surface area contributed by atoms with Crippen molar-refractivity contribution in [2.24, 2.45) is 5.92 Å². The standard InChI is InChI=1S/C15H31NO/c1-3-11-16-12-15(4-2)17-13-14-9-7-5-6-8-10-14/h14-16H,3-13H2,1-2H3. The fourth-order valence-electron chi connectivity index (χ4n) is 2.56. The van der Waals surface area contributed by atoms with Gasteiger partial charge in [-0.2, -0.15) is 0 Å². The van der Waals surface area contributed by atoms with Gasteiger partial charge < -0.3 is 10.1 Å². The first-order valence-corrected chi connectivity index (χ1v) is 7.69. The van der Waals surface area contributed by atoms with Crippen LogP contribution in [-0.4, -0.2) is 25.8 Å². The molecule has 1 saturated carbocycles. The van der Waals surface area contributed by atoms with Gasteiger partial charge in [-0.15, -0.1) is 0 Å². The predicted octanol–water partition coefficient (Wildman–Crippen LogP) is 3.75. The molecule has 2 heteroatoms. The van der Waals surface area contributed by atoms with Gasteiger partial charge in [0.2, 0.25) is 0 Å². The molecule has 102 valence electrons. The highest BCUT2D eigenvalue weighted by atomic mass is 16.5. The molecule has 0 amide bonds. The maximum absolute atomic E-state index is 6.07. The van der Waals surface area contributed by atoms with Crippen LogP contribution in [0.5, 0.6) is 0 Å². The van der Waals surface area contributed by atoms with Crippen molar-refractivity contribution in [3.8, 4) is 0 Å². The van der Waals surface area contributed by atoms with Gasteiger partial charge in [0.1, 0.15) is 0 Å². The first kappa shape index (κ1) is 15.0. The summed E-state index contributed by atoms with van der Waals surface area (Å²) in [5.74, 6) is 0.831. The van der Waals surface area contributed by atoms with E-state index >= 15 is 0 Å². The topological polar surface area (TPSA) is 21.3 Å². The van der Waals surface area contributed by atoms with Crippen LogP contribution in [0.2, 0.25) is 0 Å². The van der Waals surface area contributed by atoms with Crippen LogP contribution in [0.3, 0.4) is 0 Å². The number of ether oxygens (including phenoxy) is 1. The van der Waals surface area contributed by atoms with E-state index < -0.39 is 0 Å². The van der Waals surface area contributed by atoms with E-state index in [0.717, 1.165) is 32.0 Å². The average Bonchev–Trinajstić information content (AvgIpc) is 2.62. The van der Waals surface area contributed by atoms with Crippen molar-refractivity contribution >= 4 is 0 Å². The molecule has 1 unspecified atom stereocenters. The number of rotatable bonds is 8. The minimum Gasteiger partial charge on any atom is -0.377 e. The van der Waals surface area contributed by atoms with Gasteiger partial charge in [0.25, 0.3) is 0 Å². The first-order valence-electron chi connectivity index (χ1n) is 7.69. The molecule has 0 radical (unpaired) electrons. The van der Waals surface area contributed by atoms with E-state index in [1.165, 1.54) is 44.9 Å². The van der Waals surface area contributed by atoms with Gasteiger partial charge in [-0.05, 0) is 38.1 Å². The van der Waals surface area contributed by atoms with Crippen molar-refractivity contribution in [1.82, 2.24) is 5.32 Å². The zero-order valence-electron chi connectivity index (χ0n) is 11.8. The van der Waals surface area contributed by atoms with E-state index in [2.05, 4.69) is 19.2 Å². The monoisotopic (exact) mass is 241 g/mol. The van der Waals surface area contributed by atoms with Gasteiger partial charge in [-0.1, -0.05) is 39.5 Å². The summed E-state index contributed by atoms with van der Waals surface area (Å²) < 4.78 is 6.07. The van der Waals surface area contributed by atoms with Crippen LogP contribution in [0.25, 0.3) is 0 Å². The van der Waals surface area contributed by atoms with Crippen LogP contribution in [0.15, 0.2) is 0 Å². The minimum absolute atomic E-state index is 0.421. The van der Waals surface area contributed by atoms with Crippen LogP contribution < -0.4 is 5.32 Å². The van der Waals surface area contributed by atoms with Crippen LogP contribution in [0.1, 0.15) is 65.2 Å². The lowest BCUT2D eigenvalue weighted by molar-refractivity contribution is 0.0241. The molecule has 17 heavy (non-hydrogen) atoms. The molecule has 0 saturated heterocycles. The maximum atomic E-state index is 6.07. The highest BCUT2D eigenvalue weighted by Gasteiger charge is 2.14. The van der Waals surface area contributed by atoms with Gasteiger partial charge in [-0.25, -0.2) is 0 Å². The van der Waals surface area contributed by atoms with Gasteiger partial charge in [-0.3, -0.25) is 0 Å². The molecule has 1 aliphatic carbocycles. The Hall–Kier alpha value is -0.0800. The quantitative estimate of drug-likeness (QED) is 0.516. The molecule has 2 nitrogen and oxygen atoms in total. The van der Waals surface area contributed by atoms with E-state index in [1.807, 2.05) is 0 Å². The summed E-state index contributed by atoms with van der Waals surface area (Å²) in [6.07, 6.45) is 11.2. The summed E-state index contributed by atoms with van der Waals surface area (Å²) >= 11 is 0. The van der Waals surface area contributed by atoms with Crippen LogP contribution >= 0.6 is 0 Å². The Morgan fingerprint density at radius 3 is 2.41 bits per heavy atom. The van der Waals surface area contributed by atoms with Gasteiger partial charge in [0.05, 0.1) is 6.10 Å². The third kappa shape index (κ3) is 7.05. The second-order valence-corrected chi connectivity index (χ2v) is 5.43. The second kappa shape index (κ2) is 9.90. The van der Waals surface area contributed by atoms with E-state index in [1.54, 1.807) is 0 Å². The molecule has 1 fully saturated rings. The third-order valence-electron chi connectivity index (χ3n) is 3.80. The molecule has 0 aromatic rings. The fourth-order valence-corrected chi connectivity index (χ4v) is 2.56. The fraction of sp³-hybridized carbons (Fsp3) is 1.00. The molecule has 0 aromatic carbocycles. The summed E-state index contributed by atoms with van der Waals surface area (Å²) in [7, 11) is 0. The van der Waals surface area contributed by atoms with E-state index in [4.69, 9.17) is 4.74 Å². The Labute approximate surface area is 108 Å². The van der Waals surface area contributed by atoms with Gasteiger partial charge in [0, 0.05) is 13.2 Å². The lowest BCUT2D eigenvalue weighted by atomic mass is 10.0. The van der Waals surface area contributed by atoms with Crippen LogP contribution in [-0.2, 0) is 4.74 Å². The van der Waals surface area contributed by atoms with E-state index in [-0.39, 0.29) is 0 Å². The molecule has 0 bridgehead atoms. The Morgan fingerprint density at radius 2 is 1.82 bits per heavy atom. The van der Waals surface area contributed by atoms with Crippen molar-refractivity contribution in [2.75, 3.05) is 19.7 Å². The summed E-state index contributed by atoms with van der Waals surface area (Å²) in [6, 6.07) is 0. The number of nitrogens with one attached hydrogen (secondary N) is 1. The van der Waals surface area contributed by atoms with Crippen molar-refractivity contribution in [2.45, 2.75) is 71.3 Å². The lowest BCUT2D eigenvalue weighted by Crippen LogP contribution is -2.30. The molecule has 1 rings (SSSR count). The molecular weight excluding hydrogens is 210 g/mol. The van der Waals surface area contributed by atoms with E-state index in [9.17, 15) is 0 Å². The Kier molecular flexibility index (Phi) is 8.72. The zero-order valence-corrected chi connectivity index (χ0v) is 11.8. The second-order valence-electron chi connectivity index (χ2n) is 5.43. The number of hydrogen-bond acceptors (Lipinski definition) is 2. The first-order chi connectivity index (χ1) is 8.36. The summed E-state index contributed by atoms with van der Waals surface area (Å²) in [5, 5.41) is 3.46. The van der Waals surface area contributed by atoms with Crippen molar-refractivity contribution in [1.29, 1.82) is 0 Å². The molecule has 1 N–H and O–H groups in total. The Morgan fingerprint density at radius 1 is 1.12 bits per heavy atom. The summed E-state index contributed by atoms with van der Waals surface area (Å²) in [4.78, 5) is 0. The largest absolute Gasteiger partial charge is 0.377 e. The third-order valence-corrected chi connectivity index (χ3v) is 3.80. The maximum Gasteiger partial charge on any atom is 0.0696 e. The van der Waals surface area contributed by atoms with Crippen molar-refractivity contribution in [3.63, 3.8) is 0 Å². The van der Waals surface area contributed by atoms with Gasteiger partial charge >= 0.3 is 0 Å². The lowest BCUT2D eigenvalue weighted by Gasteiger charge is -2.21. The van der Waals surface area contributed by atoms with Crippen LogP contribution in [0, 0.1) is 5.92 Å². The molecule has 1 atom stereocenters. The molecule has 0 spiro atoms. The normalized spacial score (nSPS) is 20.1. The average molecular weight is 241 g/mol. The smallest absolute Gasteiger partial charge is 0.0696 e. The van der Waals surface area contributed by atoms with Gasteiger partial charge in [0.15, 0.2) is 0 Å². The number of hydrogen-bond donors (Lipinski definition) is 1. The molecule has 0 aliphatic heterocycles. The predicted molar refractivity (Wildman–Crippen MR) is 74.4 cm³/mol. The van der Waals surface area contributed by atoms with Crippen molar-refractivity contribution in [3.05, 3.63) is 0 Å². The highest BCUT2D eigenvalue weighted by molar-refractivity contribution is 4.66. The minimum atomic E-state index is 0.421. The Balaban J connectivity index is 2.12. The Bertz CT molecular complexity index is 164. The molecule has 0 aromatic heterocycles. The zero-order chi connectivity index (χ0) is 12.3. The SMILES string of the molecule is CCCNCC(CC)OCC1CCCCCC1.